The summed E-state index contributed by atoms with van der Waals surface area (Å²) in [4.78, 5) is 16.3. The summed E-state index contributed by atoms with van der Waals surface area (Å²) in [7, 11) is 0. The largest absolute Gasteiger partial charge is 0.396 e. The molecule has 0 aliphatic rings. The summed E-state index contributed by atoms with van der Waals surface area (Å²) in [6, 6.07) is 10.0. The zero-order valence-corrected chi connectivity index (χ0v) is 14.5. The summed E-state index contributed by atoms with van der Waals surface area (Å²) in [6.07, 6.45) is 3.54. The third-order valence-electron chi connectivity index (χ3n) is 3.76. The van der Waals surface area contributed by atoms with Crippen LogP contribution in [0, 0.1) is 5.41 Å². The molecular weight excluding hydrogens is 308 g/mol. The van der Waals surface area contributed by atoms with Crippen LogP contribution in [0.4, 0.5) is 0 Å². The Labute approximate surface area is 141 Å². The number of amides is 1. The topological polar surface area (TPSA) is 62.2 Å². The van der Waals surface area contributed by atoms with E-state index in [0.29, 0.717) is 12.3 Å². The van der Waals surface area contributed by atoms with Crippen molar-refractivity contribution in [2.45, 2.75) is 31.7 Å². The molecule has 2 N–H and O–H groups in total. The molecule has 0 spiro atoms. The molecule has 23 heavy (non-hydrogen) atoms. The fourth-order valence-electron chi connectivity index (χ4n) is 2.27. The fraction of sp³-hybridized carbons (Fsp3) is 0.444. The van der Waals surface area contributed by atoms with Gasteiger partial charge in [-0.3, -0.25) is 4.79 Å². The Bertz CT molecular complexity index is 653. The van der Waals surface area contributed by atoms with E-state index in [-0.39, 0.29) is 17.9 Å². The molecule has 0 atom stereocenters. The third kappa shape index (κ3) is 5.52. The van der Waals surface area contributed by atoms with Gasteiger partial charge < -0.3 is 10.4 Å². The molecule has 1 heterocycles. The van der Waals surface area contributed by atoms with Crippen molar-refractivity contribution in [3.8, 4) is 0 Å². The second-order valence-corrected chi connectivity index (χ2v) is 7.37. The molecule has 5 heteroatoms. The molecule has 0 saturated heterocycles. The highest BCUT2D eigenvalue weighted by molar-refractivity contribution is 8.00. The van der Waals surface area contributed by atoms with Crippen LogP contribution in [0.5, 0.6) is 0 Å². The normalized spacial score (nSPS) is 11.6. The molecule has 0 bridgehead atoms. The van der Waals surface area contributed by atoms with E-state index in [1.54, 1.807) is 6.20 Å². The highest BCUT2D eigenvalue weighted by atomic mass is 32.2. The predicted molar refractivity (Wildman–Crippen MR) is 95.6 cm³/mol. The molecule has 1 amide bonds. The van der Waals surface area contributed by atoms with Crippen molar-refractivity contribution in [1.82, 2.24) is 10.3 Å². The lowest BCUT2D eigenvalue weighted by Crippen LogP contribution is -2.27. The molecule has 0 radical (unpaired) electrons. The molecule has 124 valence electrons. The van der Waals surface area contributed by atoms with Crippen molar-refractivity contribution < 1.29 is 9.90 Å². The van der Waals surface area contributed by atoms with Crippen molar-refractivity contribution in [2.24, 2.45) is 5.41 Å². The number of rotatable bonds is 8. The summed E-state index contributed by atoms with van der Waals surface area (Å²) in [5.74, 6) is 0.385. The number of nitrogens with one attached hydrogen (secondary N) is 1. The highest BCUT2D eigenvalue weighted by Gasteiger charge is 2.15. The maximum atomic E-state index is 11.9. The van der Waals surface area contributed by atoms with Gasteiger partial charge in [0.15, 0.2) is 0 Å². The monoisotopic (exact) mass is 332 g/mol. The number of fused-ring (bicyclic) bond motifs is 1. The van der Waals surface area contributed by atoms with E-state index in [1.165, 1.54) is 11.8 Å². The van der Waals surface area contributed by atoms with Crippen LogP contribution >= 0.6 is 11.8 Å². The SMILES string of the molecule is CC(C)(CO)CCCNC(=O)CSc1nccc2ccccc12. The van der Waals surface area contributed by atoms with Crippen LogP contribution < -0.4 is 5.32 Å². The Morgan fingerprint density at radius 1 is 1.30 bits per heavy atom. The second-order valence-electron chi connectivity index (χ2n) is 6.40. The van der Waals surface area contributed by atoms with Gasteiger partial charge in [0.25, 0.3) is 0 Å². The molecule has 0 aliphatic heterocycles. The minimum atomic E-state index is -0.0770. The van der Waals surface area contributed by atoms with E-state index in [2.05, 4.69) is 10.3 Å². The van der Waals surface area contributed by atoms with E-state index in [4.69, 9.17) is 0 Å². The quantitative estimate of drug-likeness (QED) is 0.575. The van der Waals surface area contributed by atoms with Gasteiger partial charge in [-0.1, -0.05) is 49.9 Å². The van der Waals surface area contributed by atoms with Gasteiger partial charge in [0.2, 0.25) is 5.91 Å². The summed E-state index contributed by atoms with van der Waals surface area (Å²) in [6.45, 7) is 4.86. The average molecular weight is 332 g/mol. The molecule has 4 nitrogen and oxygen atoms in total. The number of carbonyl (C=O) groups excluding carboxylic acids is 1. The van der Waals surface area contributed by atoms with Crippen molar-refractivity contribution >= 4 is 28.4 Å². The predicted octanol–water partition coefficient (Wildman–Crippen LogP) is 3.24. The Kier molecular flexibility index (Phi) is 6.42. The van der Waals surface area contributed by atoms with Crippen molar-refractivity contribution in [3.63, 3.8) is 0 Å². The number of thioether (sulfide) groups is 1. The maximum absolute atomic E-state index is 11.9. The Morgan fingerprint density at radius 3 is 2.87 bits per heavy atom. The zero-order valence-electron chi connectivity index (χ0n) is 13.7. The van der Waals surface area contributed by atoms with Crippen LogP contribution in [-0.2, 0) is 4.79 Å². The summed E-state index contributed by atoms with van der Waals surface area (Å²) < 4.78 is 0. The number of hydrogen-bond acceptors (Lipinski definition) is 4. The maximum Gasteiger partial charge on any atom is 0.230 e. The average Bonchev–Trinajstić information content (AvgIpc) is 2.57. The van der Waals surface area contributed by atoms with Gasteiger partial charge >= 0.3 is 0 Å². The van der Waals surface area contributed by atoms with Crippen LogP contribution in [0.2, 0.25) is 0 Å². The van der Waals surface area contributed by atoms with Gasteiger partial charge in [0, 0.05) is 24.7 Å². The van der Waals surface area contributed by atoms with Crippen LogP contribution in [0.1, 0.15) is 26.7 Å². The number of aliphatic hydroxyl groups is 1. The van der Waals surface area contributed by atoms with Gasteiger partial charge in [-0.2, -0.15) is 0 Å². The molecule has 2 rings (SSSR count). The molecule has 0 unspecified atom stereocenters. The highest BCUT2D eigenvalue weighted by Crippen LogP contribution is 2.25. The van der Waals surface area contributed by atoms with Crippen molar-refractivity contribution in [1.29, 1.82) is 0 Å². The summed E-state index contributed by atoms with van der Waals surface area (Å²) in [5, 5.41) is 15.2. The smallest absolute Gasteiger partial charge is 0.230 e. The minimum absolute atomic E-state index is 0.0199. The number of carbonyl (C=O) groups is 1. The fourth-order valence-corrected chi connectivity index (χ4v) is 3.11. The van der Waals surface area contributed by atoms with Crippen LogP contribution in [0.15, 0.2) is 41.6 Å². The Balaban J connectivity index is 1.78. The zero-order chi connectivity index (χ0) is 16.7. The molecule has 1 aromatic heterocycles. The molecule has 2 aromatic rings. The molecule has 0 saturated carbocycles. The van der Waals surface area contributed by atoms with Gasteiger partial charge in [-0.25, -0.2) is 4.98 Å². The standard InChI is InChI=1S/C18H24N2O2S/c1-18(2,13-21)9-5-10-19-16(22)12-23-17-15-7-4-3-6-14(15)8-11-20-17/h3-4,6-8,11,21H,5,9-10,12-13H2,1-2H3,(H,19,22). The first kappa shape index (κ1) is 17.8. The van der Waals surface area contributed by atoms with Gasteiger partial charge in [-0.15, -0.1) is 0 Å². The van der Waals surface area contributed by atoms with E-state index in [9.17, 15) is 9.90 Å². The van der Waals surface area contributed by atoms with Crippen LogP contribution in [0.25, 0.3) is 10.8 Å². The van der Waals surface area contributed by atoms with Gasteiger partial charge in [0.05, 0.1) is 5.75 Å². The molecule has 0 aliphatic carbocycles. The summed E-state index contributed by atoms with van der Waals surface area (Å²) in [5.41, 5.74) is -0.0770. The first-order valence-corrected chi connectivity index (χ1v) is 8.84. The Morgan fingerprint density at radius 2 is 2.09 bits per heavy atom. The molecule has 0 fully saturated rings. The van der Waals surface area contributed by atoms with Crippen LogP contribution in [-0.4, -0.2) is 34.9 Å². The minimum Gasteiger partial charge on any atom is -0.396 e. The van der Waals surface area contributed by atoms with Crippen molar-refractivity contribution in [3.05, 3.63) is 36.5 Å². The lowest BCUT2D eigenvalue weighted by atomic mass is 9.89. The second kappa shape index (κ2) is 8.31. The van der Waals surface area contributed by atoms with E-state index in [1.807, 2.05) is 44.2 Å². The van der Waals surface area contributed by atoms with E-state index >= 15 is 0 Å². The summed E-state index contributed by atoms with van der Waals surface area (Å²) >= 11 is 1.46. The first-order valence-electron chi connectivity index (χ1n) is 7.86. The third-order valence-corrected chi connectivity index (χ3v) is 4.76. The lowest BCUT2D eigenvalue weighted by Gasteiger charge is -2.21. The number of aliphatic hydroxyl groups excluding tert-OH is 1. The van der Waals surface area contributed by atoms with E-state index < -0.39 is 0 Å². The Hall–Kier alpha value is -1.59. The number of pyridine rings is 1. The van der Waals surface area contributed by atoms with Crippen LogP contribution in [0.3, 0.4) is 0 Å². The lowest BCUT2D eigenvalue weighted by molar-refractivity contribution is -0.118. The molecule has 1 aromatic carbocycles. The number of hydrogen-bond donors (Lipinski definition) is 2. The van der Waals surface area contributed by atoms with Gasteiger partial charge in [0.1, 0.15) is 5.03 Å². The number of nitrogens with zero attached hydrogens (tertiary/aromatic N) is 1. The number of benzene rings is 1. The number of aromatic nitrogens is 1. The van der Waals surface area contributed by atoms with E-state index in [0.717, 1.165) is 28.6 Å². The molecular formula is C18H24N2O2S. The van der Waals surface area contributed by atoms with Crippen molar-refractivity contribution in [2.75, 3.05) is 18.9 Å². The first-order chi connectivity index (χ1) is 11.0. The van der Waals surface area contributed by atoms with Gasteiger partial charge in [-0.05, 0) is 29.7 Å².